The SMILES string of the molecule is CC1(CCOc2ccn(-c3ccc(C(=O)O)c(Cl)n3)n2)CC1.Cc1cn(CCCC2CCC(C)(C)C2)nc1S(N)(=O)=O.Cc1cn(CCCC2CNC(C)(C)C2)nc1S(=O)(=O)NC(=O)c1ccc(-n2ccc(OCCC3(C)CC3)n2)nc1Cl.Cl. The van der Waals surface area contributed by atoms with Gasteiger partial charge in [-0.1, -0.05) is 50.9 Å². The zero-order valence-corrected chi connectivity index (χ0v) is 53.1. The summed E-state index contributed by atoms with van der Waals surface area (Å²) in [6, 6.07) is 9.38. The molecule has 6 aromatic rings. The van der Waals surface area contributed by atoms with E-state index in [0.29, 0.717) is 76.4 Å². The number of carbonyl (C=O) groups excluding carboxylic acids is 1. The number of nitrogens with two attached hydrogens (primary N) is 1. The molecule has 4 aliphatic rings. The van der Waals surface area contributed by atoms with Crippen molar-refractivity contribution in [1.29, 1.82) is 0 Å². The molecule has 84 heavy (non-hydrogen) atoms. The van der Waals surface area contributed by atoms with Crippen LogP contribution in [0.3, 0.4) is 0 Å². The zero-order chi connectivity index (χ0) is 60.1. The van der Waals surface area contributed by atoms with Gasteiger partial charge < -0.3 is 19.9 Å². The van der Waals surface area contributed by atoms with Crippen LogP contribution in [0.5, 0.6) is 11.8 Å². The predicted octanol–water partition coefficient (Wildman–Crippen LogP) is 10.3. The number of carboxylic acids is 1. The van der Waals surface area contributed by atoms with Crippen LogP contribution in [0.25, 0.3) is 11.6 Å². The number of aromatic nitrogens is 10. The maximum atomic E-state index is 13.1. The molecule has 5 N–H and O–H groups in total. The fourth-order valence-electron chi connectivity index (χ4n) is 10.6. The Kier molecular flexibility index (Phi) is 21.2. The number of aromatic carboxylic acids is 1. The number of sulfonamides is 2. The van der Waals surface area contributed by atoms with Gasteiger partial charge in [0.05, 0.1) is 24.3 Å². The van der Waals surface area contributed by atoms with Crippen molar-refractivity contribution in [2.24, 2.45) is 33.2 Å². The Morgan fingerprint density at radius 3 is 1.62 bits per heavy atom. The van der Waals surface area contributed by atoms with E-state index in [2.05, 4.69) is 81.9 Å². The van der Waals surface area contributed by atoms with E-state index in [9.17, 15) is 26.4 Å². The Bertz CT molecular complexity index is 3500. The van der Waals surface area contributed by atoms with Gasteiger partial charge in [0.25, 0.3) is 26.0 Å². The highest BCUT2D eigenvalue weighted by atomic mass is 35.5. The maximum absolute atomic E-state index is 13.1. The number of ether oxygens (including phenoxy) is 2. The number of carboxylic acid groups (broad SMARTS) is 1. The van der Waals surface area contributed by atoms with Crippen molar-refractivity contribution in [1.82, 2.24) is 59.1 Å². The van der Waals surface area contributed by atoms with Crippen molar-refractivity contribution >= 4 is 67.5 Å². The monoisotopic (exact) mass is 1260 g/mol. The minimum absolute atomic E-state index is 0. The number of carbonyl (C=O) groups is 2. The van der Waals surface area contributed by atoms with Gasteiger partial charge in [-0.15, -0.1) is 22.6 Å². The molecule has 6 aromatic heterocycles. The first-order valence-electron chi connectivity index (χ1n) is 28.3. The summed E-state index contributed by atoms with van der Waals surface area (Å²) < 4.78 is 68.5. The molecule has 1 saturated heterocycles. The van der Waals surface area contributed by atoms with E-state index in [0.717, 1.165) is 57.5 Å². The summed E-state index contributed by atoms with van der Waals surface area (Å²) in [5.41, 5.74) is 2.46. The van der Waals surface area contributed by atoms with Crippen LogP contribution < -0.4 is 24.7 Å². The Morgan fingerprint density at radius 1 is 0.702 bits per heavy atom. The molecule has 7 heterocycles. The number of primary sulfonamides is 1. The van der Waals surface area contributed by atoms with Crippen molar-refractivity contribution in [3.63, 3.8) is 0 Å². The second-order valence-corrected chi connectivity index (χ2v) is 28.8. The molecule has 0 aromatic carbocycles. The summed E-state index contributed by atoms with van der Waals surface area (Å²) >= 11 is 12.2. The number of aryl methyl sites for hydroxylation is 4. The van der Waals surface area contributed by atoms with E-state index in [1.165, 1.54) is 78.9 Å². The zero-order valence-electron chi connectivity index (χ0n) is 49.1. The van der Waals surface area contributed by atoms with Crippen LogP contribution in [-0.2, 0) is 33.1 Å². The normalized spacial score (nSPS) is 18.8. The molecular formula is C57H80Cl3N13O9S2. The Labute approximate surface area is 508 Å². The highest BCUT2D eigenvalue weighted by molar-refractivity contribution is 7.90. The number of nitrogens with one attached hydrogen (secondary N) is 2. The average molecular weight is 1260 g/mol. The van der Waals surface area contributed by atoms with Gasteiger partial charge in [-0.05, 0) is 176 Å². The first-order chi connectivity index (χ1) is 39.0. The van der Waals surface area contributed by atoms with Crippen molar-refractivity contribution in [3.8, 4) is 23.4 Å². The molecule has 3 saturated carbocycles. The molecule has 460 valence electrons. The molecule has 0 bridgehead atoms. The molecule has 22 nitrogen and oxygen atoms in total. The van der Waals surface area contributed by atoms with E-state index in [1.807, 2.05) is 0 Å². The molecule has 27 heteroatoms. The molecular weight excluding hydrogens is 1180 g/mol. The summed E-state index contributed by atoms with van der Waals surface area (Å²) in [5.74, 6) is 1.19. The van der Waals surface area contributed by atoms with E-state index in [4.69, 9.17) is 42.9 Å². The Balaban J connectivity index is 0.000000198. The van der Waals surface area contributed by atoms with Gasteiger partial charge in [-0.3, -0.25) is 14.2 Å². The van der Waals surface area contributed by atoms with Crippen LogP contribution in [0.2, 0.25) is 10.3 Å². The molecule has 2 unspecified atom stereocenters. The fraction of sp³-hybridized carbons (Fsp3) is 0.579. The number of hydrogen-bond acceptors (Lipinski definition) is 15. The molecule has 0 spiro atoms. The van der Waals surface area contributed by atoms with Crippen molar-refractivity contribution in [2.75, 3.05) is 19.8 Å². The smallest absolute Gasteiger partial charge is 0.338 e. The Hall–Kier alpha value is -5.63. The van der Waals surface area contributed by atoms with Gasteiger partial charge >= 0.3 is 5.97 Å². The number of rotatable bonds is 23. The van der Waals surface area contributed by atoms with Crippen molar-refractivity contribution in [2.45, 2.75) is 174 Å². The minimum Gasteiger partial charge on any atom is -0.478 e. The number of pyridine rings is 2. The second kappa shape index (κ2) is 27.0. The van der Waals surface area contributed by atoms with Crippen LogP contribution in [0.1, 0.15) is 163 Å². The molecule has 10 rings (SSSR count). The lowest BCUT2D eigenvalue weighted by Gasteiger charge is -2.17. The summed E-state index contributed by atoms with van der Waals surface area (Å²) in [6.07, 6.45) is 23.0. The van der Waals surface area contributed by atoms with E-state index in [1.54, 1.807) is 66.2 Å². The van der Waals surface area contributed by atoms with Crippen LogP contribution >= 0.6 is 35.6 Å². The molecule has 4 fully saturated rings. The lowest BCUT2D eigenvalue weighted by atomic mass is 9.89. The summed E-state index contributed by atoms with van der Waals surface area (Å²) in [7, 11) is -7.93. The molecule has 3 aliphatic carbocycles. The van der Waals surface area contributed by atoms with Crippen LogP contribution in [-0.4, -0.2) is 108 Å². The van der Waals surface area contributed by atoms with Gasteiger partial charge in [0.15, 0.2) is 21.7 Å². The standard InChI is InChI=1S/C28H38ClN7O4S.C15H16ClN3O3.C14H25N3O2S.ClH/c1-19-18-35(13-5-6-20-16-27(2,3)30-17-20)33-26(19)41(38,39)34-25(37)21-7-8-22(31-24(21)29)36-14-9-23(32-36)40-15-12-28(4)10-11-28;1-15(5-6-15)7-9-22-12-4-8-19(18-12)11-3-2-10(14(20)21)13(16)17-11;1-11-10-17(16-13(11)20(15,18)19)8-4-5-12-6-7-14(2,3)9-12;/h7-9,14,18,20,30H,5-6,10-13,15-17H2,1-4H3,(H,34,37);2-4,8H,5-7,9H2,1H3,(H,20,21);10,12H,4-9H2,1-3H3,(H2,15,18,19);1H. The topological polar surface area (TPSA) is 288 Å². The number of halogens is 3. The molecule has 1 amide bonds. The van der Waals surface area contributed by atoms with Gasteiger partial charge in [-0.2, -0.15) is 18.6 Å². The summed E-state index contributed by atoms with van der Waals surface area (Å²) in [4.78, 5) is 32.1. The largest absolute Gasteiger partial charge is 0.478 e. The van der Waals surface area contributed by atoms with Gasteiger partial charge in [0.1, 0.15) is 10.3 Å². The Morgan fingerprint density at radius 2 is 1.19 bits per heavy atom. The lowest BCUT2D eigenvalue weighted by molar-refractivity contribution is 0.0696. The van der Waals surface area contributed by atoms with E-state index >= 15 is 0 Å². The third-order valence-corrected chi connectivity index (χ3v) is 19.0. The average Bonchev–Trinajstić information content (AvgIpc) is 3.50. The first-order valence-corrected chi connectivity index (χ1v) is 32.1. The van der Waals surface area contributed by atoms with Crippen LogP contribution in [0.15, 0.2) is 71.2 Å². The third-order valence-electron chi connectivity index (χ3n) is 16.1. The molecule has 1 aliphatic heterocycles. The number of amides is 1. The molecule has 0 radical (unpaired) electrons. The van der Waals surface area contributed by atoms with Crippen LogP contribution in [0.4, 0.5) is 0 Å². The quantitative estimate of drug-likeness (QED) is 0.0434. The van der Waals surface area contributed by atoms with Gasteiger partial charge in [0, 0.05) is 66.7 Å². The van der Waals surface area contributed by atoms with Crippen molar-refractivity contribution < 1.29 is 41.0 Å². The fourth-order valence-corrected chi connectivity index (χ4v) is 12.9. The lowest BCUT2D eigenvalue weighted by Crippen LogP contribution is -2.31. The number of nitrogens with zero attached hydrogens (tertiary/aromatic N) is 10. The molecule has 2 atom stereocenters. The van der Waals surface area contributed by atoms with Gasteiger partial charge in [0.2, 0.25) is 11.8 Å². The third kappa shape index (κ3) is 18.4. The predicted molar refractivity (Wildman–Crippen MR) is 322 cm³/mol. The second-order valence-electron chi connectivity index (χ2n) is 25.0. The van der Waals surface area contributed by atoms with Gasteiger partial charge in [-0.25, -0.2) is 42.4 Å². The van der Waals surface area contributed by atoms with E-state index < -0.39 is 31.9 Å². The maximum Gasteiger partial charge on any atom is 0.338 e. The van der Waals surface area contributed by atoms with Crippen molar-refractivity contribution in [3.05, 3.63) is 93.7 Å². The summed E-state index contributed by atoms with van der Waals surface area (Å²) in [6.45, 7) is 20.5. The minimum atomic E-state index is -4.23. The number of hydrogen-bond donors (Lipinski definition) is 4. The highest BCUT2D eigenvalue weighted by Crippen LogP contribution is 2.49. The van der Waals surface area contributed by atoms with Crippen LogP contribution in [0, 0.1) is 41.9 Å². The highest BCUT2D eigenvalue weighted by Gasteiger charge is 2.38. The van der Waals surface area contributed by atoms with E-state index in [-0.39, 0.29) is 49.4 Å². The first kappa shape index (κ1) is 65.9. The summed E-state index contributed by atoms with van der Waals surface area (Å²) in [5, 5.41) is 34.1.